The van der Waals surface area contributed by atoms with Gasteiger partial charge in [0.1, 0.15) is 11.5 Å². The molecule has 0 amide bonds. The summed E-state index contributed by atoms with van der Waals surface area (Å²) in [6, 6.07) is 4.17. The van der Waals surface area contributed by atoms with Crippen molar-refractivity contribution >= 4 is 5.78 Å². The van der Waals surface area contributed by atoms with E-state index in [1.807, 2.05) is 12.1 Å². The Morgan fingerprint density at radius 1 is 1.33 bits per heavy atom. The van der Waals surface area contributed by atoms with Crippen molar-refractivity contribution in [1.29, 1.82) is 0 Å². The summed E-state index contributed by atoms with van der Waals surface area (Å²) in [6.07, 6.45) is 4.84. The van der Waals surface area contributed by atoms with Crippen LogP contribution in [0.1, 0.15) is 42.4 Å². The van der Waals surface area contributed by atoms with Crippen LogP contribution < -0.4 is 0 Å². The molecule has 1 heterocycles. The van der Waals surface area contributed by atoms with Crippen LogP contribution in [0.15, 0.2) is 12.1 Å². The maximum absolute atomic E-state index is 12.7. The first kappa shape index (κ1) is 13.3. The molecule has 1 saturated carbocycles. The van der Waals surface area contributed by atoms with Crippen molar-refractivity contribution in [2.24, 2.45) is 5.92 Å². The lowest BCUT2D eigenvalue weighted by Gasteiger charge is -2.57. The molecule has 2 aliphatic carbocycles. The van der Waals surface area contributed by atoms with Gasteiger partial charge in [-0.05, 0) is 75.0 Å². The number of carbonyl (C=O) groups excluding carboxylic acids is 1. The van der Waals surface area contributed by atoms with E-state index in [4.69, 9.17) is 0 Å². The van der Waals surface area contributed by atoms with Gasteiger partial charge in [0.15, 0.2) is 0 Å². The van der Waals surface area contributed by atoms with Gasteiger partial charge in [-0.2, -0.15) is 0 Å². The van der Waals surface area contributed by atoms with Gasteiger partial charge in [-0.3, -0.25) is 4.79 Å². The Labute approximate surface area is 126 Å². The number of hydrogen-bond acceptors (Lipinski definition) is 3. The zero-order valence-electron chi connectivity index (χ0n) is 12.9. The number of piperidine rings is 1. The number of nitrogens with zero attached hydrogens (tertiary/aromatic N) is 1. The van der Waals surface area contributed by atoms with E-state index in [0.717, 1.165) is 38.6 Å². The van der Waals surface area contributed by atoms with Crippen molar-refractivity contribution in [3.8, 4) is 5.75 Å². The highest BCUT2D eigenvalue weighted by Gasteiger charge is 2.56. The highest BCUT2D eigenvalue weighted by atomic mass is 16.3. The summed E-state index contributed by atoms with van der Waals surface area (Å²) in [5.74, 6) is 0.943. The molecular formula is C18H23NO2. The molecule has 0 spiro atoms. The lowest BCUT2D eigenvalue weighted by atomic mass is 9.51. The predicted molar refractivity (Wildman–Crippen MR) is 81.6 cm³/mol. The van der Waals surface area contributed by atoms with Crippen molar-refractivity contribution in [2.45, 2.75) is 50.5 Å². The van der Waals surface area contributed by atoms with Crippen molar-refractivity contribution in [2.75, 3.05) is 13.6 Å². The Balaban J connectivity index is 1.97. The molecule has 1 N–H and O–H groups in total. The van der Waals surface area contributed by atoms with Crippen LogP contribution >= 0.6 is 0 Å². The molecule has 0 unspecified atom stereocenters. The average molecular weight is 285 g/mol. The van der Waals surface area contributed by atoms with Gasteiger partial charge >= 0.3 is 0 Å². The first-order chi connectivity index (χ1) is 10.0. The van der Waals surface area contributed by atoms with Crippen LogP contribution in [-0.4, -0.2) is 35.4 Å². The minimum Gasteiger partial charge on any atom is -0.508 e. The van der Waals surface area contributed by atoms with Crippen molar-refractivity contribution < 1.29 is 9.90 Å². The Morgan fingerprint density at radius 3 is 2.95 bits per heavy atom. The third-order valence-corrected chi connectivity index (χ3v) is 6.26. The van der Waals surface area contributed by atoms with Crippen LogP contribution in [0, 0.1) is 12.8 Å². The lowest BCUT2D eigenvalue weighted by Crippen LogP contribution is -2.62. The summed E-state index contributed by atoms with van der Waals surface area (Å²) in [5, 5.41) is 10.1. The van der Waals surface area contributed by atoms with Gasteiger partial charge in [-0.1, -0.05) is 0 Å². The number of fused-ring (bicyclic) bond motifs is 1. The van der Waals surface area contributed by atoms with Gasteiger partial charge in [-0.15, -0.1) is 0 Å². The maximum Gasteiger partial charge on any atom is 0.138 e. The van der Waals surface area contributed by atoms with Gasteiger partial charge in [0.2, 0.25) is 0 Å². The number of hydrogen-bond donors (Lipinski definition) is 1. The molecule has 1 aliphatic heterocycles. The van der Waals surface area contributed by atoms with Crippen LogP contribution in [0.5, 0.6) is 5.75 Å². The normalized spacial score (nSPS) is 35.2. The molecule has 1 saturated heterocycles. The standard InChI is InChI=1S/C18H23NO2/c1-11-8-12(20)9-14-13(11)10-15-17-16(21)4-3-5-18(14,17)6-7-19(15)2/h8-9,15,17,20H,3-7,10H2,1-2H3/t15-,17-,18+/m1/s1. The third-order valence-electron chi connectivity index (χ3n) is 6.26. The highest BCUT2D eigenvalue weighted by molar-refractivity contribution is 5.85. The highest BCUT2D eigenvalue weighted by Crippen LogP contribution is 2.55. The molecule has 0 aromatic heterocycles. The fourth-order valence-electron chi connectivity index (χ4n) is 5.29. The Hall–Kier alpha value is -1.35. The molecule has 21 heavy (non-hydrogen) atoms. The van der Waals surface area contributed by atoms with Gasteiger partial charge in [-0.25, -0.2) is 0 Å². The van der Waals surface area contributed by atoms with Crippen LogP contribution in [0.3, 0.4) is 0 Å². The van der Waals surface area contributed by atoms with Gasteiger partial charge < -0.3 is 10.0 Å². The van der Waals surface area contributed by atoms with E-state index in [9.17, 15) is 9.90 Å². The second-order valence-corrected chi connectivity index (χ2v) is 7.24. The van der Waals surface area contributed by atoms with E-state index in [2.05, 4.69) is 18.9 Å². The number of phenolic OH excluding ortho intramolecular Hbond substituents is 1. The Kier molecular flexibility index (Phi) is 2.74. The second kappa shape index (κ2) is 4.33. The molecule has 1 aromatic carbocycles. The minimum absolute atomic E-state index is 0.0103. The predicted octanol–water partition coefficient (Wildman–Crippen LogP) is 2.57. The number of likely N-dealkylation sites (tertiary alicyclic amines) is 1. The van der Waals surface area contributed by atoms with E-state index >= 15 is 0 Å². The fraction of sp³-hybridized carbons (Fsp3) is 0.611. The van der Waals surface area contributed by atoms with Crippen molar-refractivity contribution in [3.05, 3.63) is 28.8 Å². The monoisotopic (exact) mass is 285 g/mol. The molecule has 2 bridgehead atoms. The van der Waals surface area contributed by atoms with E-state index in [-0.39, 0.29) is 11.3 Å². The number of ketones is 1. The fourth-order valence-corrected chi connectivity index (χ4v) is 5.29. The summed E-state index contributed by atoms with van der Waals surface area (Å²) < 4.78 is 0. The molecule has 3 aliphatic rings. The largest absolute Gasteiger partial charge is 0.508 e. The molecule has 112 valence electrons. The zero-order chi connectivity index (χ0) is 14.8. The van der Waals surface area contributed by atoms with E-state index in [0.29, 0.717) is 17.6 Å². The maximum atomic E-state index is 12.7. The number of aryl methyl sites for hydroxylation is 1. The first-order valence-electron chi connectivity index (χ1n) is 8.09. The molecule has 2 fully saturated rings. The molecule has 4 rings (SSSR count). The summed E-state index contributed by atoms with van der Waals surface area (Å²) in [7, 11) is 2.16. The second-order valence-electron chi connectivity index (χ2n) is 7.24. The SMILES string of the molecule is Cc1cc(O)cc2c1C[C@@H]1[C@@H]3C(=O)CCC[C@]23CCN1C. The molecular weight excluding hydrogens is 262 g/mol. The van der Waals surface area contributed by atoms with Crippen LogP contribution in [0.4, 0.5) is 0 Å². The quantitative estimate of drug-likeness (QED) is 0.796. The van der Waals surface area contributed by atoms with E-state index in [1.54, 1.807) is 0 Å². The molecule has 0 radical (unpaired) electrons. The molecule has 3 heteroatoms. The first-order valence-corrected chi connectivity index (χ1v) is 8.09. The summed E-state index contributed by atoms with van der Waals surface area (Å²) >= 11 is 0. The number of aromatic hydroxyl groups is 1. The van der Waals surface area contributed by atoms with Gasteiger partial charge in [0.05, 0.1) is 0 Å². The summed E-state index contributed by atoms with van der Waals surface area (Å²) in [4.78, 5) is 15.1. The Morgan fingerprint density at radius 2 is 2.14 bits per heavy atom. The number of rotatable bonds is 0. The van der Waals surface area contributed by atoms with Gasteiger partial charge in [0.25, 0.3) is 0 Å². The number of carbonyl (C=O) groups is 1. The van der Waals surface area contributed by atoms with Crippen molar-refractivity contribution in [3.63, 3.8) is 0 Å². The number of phenols is 1. The summed E-state index contributed by atoms with van der Waals surface area (Å²) in [6.45, 7) is 3.15. The third kappa shape index (κ3) is 1.67. The summed E-state index contributed by atoms with van der Waals surface area (Å²) in [5.41, 5.74) is 3.84. The smallest absolute Gasteiger partial charge is 0.138 e. The van der Waals surface area contributed by atoms with E-state index < -0.39 is 0 Å². The minimum atomic E-state index is -0.0103. The average Bonchev–Trinajstić information content (AvgIpc) is 2.44. The zero-order valence-corrected chi connectivity index (χ0v) is 12.9. The lowest BCUT2D eigenvalue weighted by molar-refractivity contribution is -0.135. The van der Waals surface area contributed by atoms with Crippen molar-refractivity contribution in [1.82, 2.24) is 4.90 Å². The molecule has 1 aromatic rings. The van der Waals surface area contributed by atoms with Gasteiger partial charge in [0, 0.05) is 23.8 Å². The number of benzene rings is 1. The Bertz CT molecular complexity index is 624. The number of Topliss-reactive ketones (excluding diaryl/α,β-unsaturated/α-hetero) is 1. The van der Waals surface area contributed by atoms with Crippen LogP contribution in [0.2, 0.25) is 0 Å². The number of likely N-dealkylation sites (N-methyl/N-ethyl adjacent to an activating group) is 1. The van der Waals surface area contributed by atoms with Crippen LogP contribution in [0.25, 0.3) is 0 Å². The van der Waals surface area contributed by atoms with Crippen LogP contribution in [-0.2, 0) is 16.6 Å². The van der Waals surface area contributed by atoms with E-state index in [1.165, 1.54) is 16.7 Å². The molecule has 3 atom stereocenters. The topological polar surface area (TPSA) is 40.5 Å². The molecule has 3 nitrogen and oxygen atoms in total.